The Labute approximate surface area is 170 Å². The van der Waals surface area contributed by atoms with E-state index in [1.165, 1.54) is 12.1 Å². The van der Waals surface area contributed by atoms with Gasteiger partial charge in [-0.25, -0.2) is 0 Å². The molecule has 0 saturated heterocycles. The van der Waals surface area contributed by atoms with Gasteiger partial charge in [-0.1, -0.05) is 16.8 Å². The van der Waals surface area contributed by atoms with Crippen molar-refractivity contribution in [2.45, 2.75) is 59.2 Å². The zero-order chi connectivity index (χ0) is 21.1. The van der Waals surface area contributed by atoms with Crippen LogP contribution in [0.1, 0.15) is 53.5 Å². The van der Waals surface area contributed by atoms with Crippen LogP contribution in [0.2, 0.25) is 5.02 Å². The van der Waals surface area contributed by atoms with Gasteiger partial charge in [0.05, 0.1) is 5.60 Å². The lowest BCUT2D eigenvalue weighted by Gasteiger charge is -2.24. The Kier molecular flexibility index (Phi) is 6.52. The Hall–Kier alpha value is -2.38. The van der Waals surface area contributed by atoms with Gasteiger partial charge in [0, 0.05) is 23.2 Å². The number of halogens is 1. The first-order valence-corrected chi connectivity index (χ1v) is 9.24. The number of phenols is 1. The van der Waals surface area contributed by atoms with Crippen molar-refractivity contribution >= 4 is 35.0 Å². The fraction of sp³-hybridized carbons (Fsp3) is 0.450. The van der Waals surface area contributed by atoms with Gasteiger partial charge in [0.15, 0.2) is 0 Å². The van der Waals surface area contributed by atoms with Crippen molar-refractivity contribution in [2.24, 2.45) is 10.1 Å². The predicted molar refractivity (Wildman–Crippen MR) is 110 cm³/mol. The van der Waals surface area contributed by atoms with E-state index in [0.29, 0.717) is 5.02 Å². The van der Waals surface area contributed by atoms with Gasteiger partial charge >= 0.3 is 0 Å². The number of hydrogen-bond acceptors (Lipinski definition) is 7. The number of hydrogen-bond donors (Lipinski definition) is 2. The van der Waals surface area contributed by atoms with Crippen LogP contribution in [-0.4, -0.2) is 34.0 Å². The van der Waals surface area contributed by atoms with E-state index in [4.69, 9.17) is 21.3 Å². The van der Waals surface area contributed by atoms with E-state index in [9.17, 15) is 9.90 Å². The molecule has 1 aliphatic rings. The number of nitrogens with one attached hydrogen (secondary N) is 1. The minimum atomic E-state index is -0.562. The average molecular weight is 408 g/mol. The van der Waals surface area contributed by atoms with E-state index in [-0.39, 0.29) is 34.8 Å². The first kappa shape index (κ1) is 21.9. The van der Waals surface area contributed by atoms with Crippen LogP contribution in [0.3, 0.4) is 0 Å². The number of allylic oxidation sites excluding steroid dienone is 1. The molecule has 0 fully saturated rings. The van der Waals surface area contributed by atoms with Crippen molar-refractivity contribution in [3.63, 3.8) is 0 Å². The first-order chi connectivity index (χ1) is 12.9. The maximum atomic E-state index is 13.0. The van der Waals surface area contributed by atoms with Crippen LogP contribution >= 0.6 is 11.6 Å². The zero-order valence-electron chi connectivity index (χ0n) is 17.0. The summed E-state index contributed by atoms with van der Waals surface area (Å²) < 4.78 is 0. The molecule has 8 heteroatoms. The molecule has 0 unspecified atom stereocenters. The number of carbonyl (C=O) groups is 1. The van der Waals surface area contributed by atoms with Crippen LogP contribution in [0.5, 0.6) is 5.75 Å². The molecule has 0 bridgehead atoms. The number of hydroxylamine groups is 1. The lowest BCUT2D eigenvalue weighted by atomic mass is 10.0. The lowest BCUT2D eigenvalue weighted by Crippen LogP contribution is -2.31. The highest BCUT2D eigenvalue weighted by Crippen LogP contribution is 2.31. The van der Waals surface area contributed by atoms with Crippen LogP contribution in [0.15, 0.2) is 34.0 Å². The molecule has 0 atom stereocenters. The van der Waals surface area contributed by atoms with Crippen molar-refractivity contribution in [3.05, 3.63) is 34.5 Å². The molecule has 1 aromatic rings. The van der Waals surface area contributed by atoms with Crippen molar-refractivity contribution in [1.82, 2.24) is 5.48 Å². The number of phenolic OH excluding ortho intramolecular Hbond substituents is 1. The fourth-order valence-corrected chi connectivity index (χ4v) is 2.28. The summed E-state index contributed by atoms with van der Waals surface area (Å²) in [7, 11) is 0. The lowest BCUT2D eigenvalue weighted by molar-refractivity contribution is -0.110. The molecule has 7 nitrogen and oxygen atoms in total. The van der Waals surface area contributed by atoms with Crippen LogP contribution in [0.25, 0.3) is 5.70 Å². The quantitative estimate of drug-likeness (QED) is 0.575. The molecule has 2 rings (SSSR count). The van der Waals surface area contributed by atoms with Crippen LogP contribution in [0.4, 0.5) is 0 Å². The van der Waals surface area contributed by atoms with E-state index < -0.39 is 17.0 Å². The summed E-state index contributed by atoms with van der Waals surface area (Å²) in [6.45, 7) is 11.0. The number of aromatic hydroxyl groups is 1. The van der Waals surface area contributed by atoms with Crippen molar-refractivity contribution in [1.29, 1.82) is 0 Å². The molecule has 0 aliphatic carbocycles. The molecule has 1 aliphatic heterocycles. The zero-order valence-corrected chi connectivity index (χ0v) is 17.7. The van der Waals surface area contributed by atoms with Gasteiger partial charge in [-0.2, -0.15) is 0 Å². The minimum absolute atomic E-state index is 0.0457. The molecule has 1 heterocycles. The molecular formula is C20H26ClN3O4. The highest BCUT2D eigenvalue weighted by atomic mass is 35.5. The third-order valence-electron chi connectivity index (χ3n) is 3.34. The monoisotopic (exact) mass is 407 g/mol. The fourth-order valence-electron chi connectivity index (χ4n) is 2.10. The predicted octanol–water partition coefficient (Wildman–Crippen LogP) is 4.25. The van der Waals surface area contributed by atoms with Gasteiger partial charge in [-0.3, -0.25) is 20.1 Å². The average Bonchev–Trinajstić information content (AvgIpc) is 2.56. The van der Waals surface area contributed by atoms with E-state index in [2.05, 4.69) is 15.6 Å². The third kappa shape index (κ3) is 6.07. The number of oxime groups is 1. The summed E-state index contributed by atoms with van der Waals surface area (Å²) in [5.41, 5.74) is 2.40. The molecule has 1 aromatic carbocycles. The minimum Gasteiger partial charge on any atom is -0.507 e. The number of nitrogens with zero attached hydrogens (tertiary/aromatic N) is 2. The van der Waals surface area contributed by atoms with Gasteiger partial charge in [0.2, 0.25) is 5.78 Å². The second kappa shape index (κ2) is 8.32. The van der Waals surface area contributed by atoms with E-state index in [1.54, 1.807) is 12.3 Å². The van der Waals surface area contributed by atoms with Crippen LogP contribution in [-0.2, 0) is 14.5 Å². The third-order valence-corrected chi connectivity index (χ3v) is 3.57. The van der Waals surface area contributed by atoms with E-state index in [0.717, 1.165) is 0 Å². The molecule has 0 spiro atoms. The van der Waals surface area contributed by atoms with Crippen LogP contribution in [0, 0.1) is 0 Å². The van der Waals surface area contributed by atoms with Gasteiger partial charge in [0.1, 0.15) is 28.5 Å². The van der Waals surface area contributed by atoms with E-state index in [1.807, 2.05) is 41.5 Å². The summed E-state index contributed by atoms with van der Waals surface area (Å²) >= 11 is 6.09. The Morgan fingerprint density at radius 3 is 2.50 bits per heavy atom. The molecule has 0 saturated carbocycles. The molecule has 0 radical (unpaired) electrons. The number of Topliss-reactive ketones (excluding diaryl/α,β-unsaturated/α-hetero) is 1. The summed E-state index contributed by atoms with van der Waals surface area (Å²) in [6, 6.07) is 4.51. The van der Waals surface area contributed by atoms with Gasteiger partial charge in [0.25, 0.3) is 0 Å². The second-order valence-electron chi connectivity index (χ2n) is 8.29. The number of carbonyl (C=O) groups excluding carboxylic acids is 1. The number of benzene rings is 1. The first-order valence-electron chi connectivity index (χ1n) is 8.87. The highest BCUT2D eigenvalue weighted by molar-refractivity contribution is 6.50. The summed E-state index contributed by atoms with van der Waals surface area (Å²) in [6.07, 6.45) is 1.80. The smallest absolute Gasteiger partial charge is 0.231 e. The van der Waals surface area contributed by atoms with Crippen molar-refractivity contribution < 1.29 is 19.6 Å². The largest absolute Gasteiger partial charge is 0.507 e. The topological polar surface area (TPSA) is 92.5 Å². The Morgan fingerprint density at radius 2 is 1.89 bits per heavy atom. The Morgan fingerprint density at radius 1 is 1.21 bits per heavy atom. The molecule has 152 valence electrons. The van der Waals surface area contributed by atoms with Crippen LogP contribution < -0.4 is 5.48 Å². The normalized spacial score (nSPS) is 18.4. The van der Waals surface area contributed by atoms with Gasteiger partial charge in [-0.05, 0) is 59.7 Å². The Balaban J connectivity index is 2.55. The second-order valence-corrected chi connectivity index (χ2v) is 8.72. The molecular weight excluding hydrogens is 382 g/mol. The number of aliphatic imine (C=N–C) groups is 1. The van der Waals surface area contributed by atoms with Gasteiger partial charge < -0.3 is 9.94 Å². The standard InChI is InChI=1S/C20H26ClN3O4/c1-19(2,3)27-23-14-9-10-22-17(18(14)26)16(24-28-20(4,5)6)13-11-12(21)7-8-15(13)25/h7-8,10-11,24-25H,9H2,1-6H3. The summed E-state index contributed by atoms with van der Waals surface area (Å²) in [5.74, 6) is -0.499. The maximum absolute atomic E-state index is 13.0. The van der Waals surface area contributed by atoms with Crippen molar-refractivity contribution in [2.75, 3.05) is 0 Å². The Bertz CT molecular complexity index is 846. The SMILES string of the molecule is CC(C)(C)ON=C1CC=NC(=C(NOC(C)(C)C)c2cc(Cl)ccc2O)C1=O. The molecule has 0 aromatic heterocycles. The molecule has 2 N–H and O–H groups in total. The summed E-state index contributed by atoms with van der Waals surface area (Å²) in [5, 5.41) is 14.7. The number of ketones is 1. The maximum Gasteiger partial charge on any atom is 0.231 e. The molecule has 28 heavy (non-hydrogen) atoms. The van der Waals surface area contributed by atoms with Gasteiger partial charge in [-0.15, -0.1) is 0 Å². The highest BCUT2D eigenvalue weighted by Gasteiger charge is 2.28. The number of rotatable bonds is 4. The van der Waals surface area contributed by atoms with E-state index >= 15 is 0 Å². The van der Waals surface area contributed by atoms with Crippen molar-refractivity contribution in [3.8, 4) is 5.75 Å². The summed E-state index contributed by atoms with van der Waals surface area (Å²) in [4.78, 5) is 28.2. The molecule has 0 amide bonds.